The number of aromatic hydroxyl groups is 1. The van der Waals surface area contributed by atoms with Crippen molar-refractivity contribution in [2.24, 2.45) is 0 Å². The smallest absolute Gasteiger partial charge is 0.339 e. The van der Waals surface area contributed by atoms with E-state index in [-0.39, 0.29) is 23.8 Å². The van der Waals surface area contributed by atoms with Crippen molar-refractivity contribution in [3.8, 4) is 5.75 Å². The Labute approximate surface area is 101 Å². The first kappa shape index (κ1) is 13.5. The highest BCUT2D eigenvalue weighted by atomic mass is 16.5. The number of phenolic OH excluding ortho intramolecular Hbond substituents is 1. The van der Waals surface area contributed by atoms with Crippen molar-refractivity contribution in [2.45, 2.75) is 32.8 Å². The summed E-state index contributed by atoms with van der Waals surface area (Å²) < 4.78 is 4.71. The Bertz CT molecular complexity index is 398. The van der Waals surface area contributed by atoms with E-state index >= 15 is 0 Å². The Hall–Kier alpha value is -1.55. The molecule has 4 nitrogen and oxygen atoms in total. The topological polar surface area (TPSA) is 66.8 Å². The molecule has 0 aliphatic heterocycles. The van der Waals surface area contributed by atoms with Crippen LogP contribution in [0.25, 0.3) is 0 Å². The van der Waals surface area contributed by atoms with Crippen LogP contribution in [-0.4, -0.2) is 22.8 Å². The highest BCUT2D eigenvalue weighted by Gasteiger charge is 2.22. The van der Waals surface area contributed by atoms with E-state index in [1.807, 2.05) is 13.8 Å². The van der Waals surface area contributed by atoms with E-state index in [1.54, 1.807) is 19.1 Å². The van der Waals surface area contributed by atoms with Crippen molar-refractivity contribution < 1.29 is 19.7 Å². The number of phenols is 1. The molecule has 1 unspecified atom stereocenters. The summed E-state index contributed by atoms with van der Waals surface area (Å²) in [5.41, 5.74) is 1.13. The highest BCUT2D eigenvalue weighted by Crippen LogP contribution is 2.28. The third kappa shape index (κ3) is 3.20. The van der Waals surface area contributed by atoms with Crippen LogP contribution in [0.3, 0.4) is 0 Å². The number of ether oxygens (including phenoxy) is 1. The summed E-state index contributed by atoms with van der Waals surface area (Å²) in [6.07, 6.45) is -1.44. The SMILES string of the molecule is CCOC(=O)C(O)c1cc(C(C)C)ccc1O. The van der Waals surface area contributed by atoms with Gasteiger partial charge in [-0.05, 0) is 30.5 Å². The number of carbonyl (C=O) groups excluding carboxylic acids is 1. The molecule has 0 radical (unpaired) electrons. The number of benzene rings is 1. The van der Waals surface area contributed by atoms with E-state index in [4.69, 9.17) is 4.74 Å². The predicted octanol–water partition coefficient (Wildman–Crippen LogP) is 2.11. The van der Waals surface area contributed by atoms with E-state index in [0.717, 1.165) is 5.56 Å². The molecule has 1 atom stereocenters. The number of rotatable bonds is 4. The van der Waals surface area contributed by atoms with Gasteiger partial charge in [-0.2, -0.15) is 0 Å². The Balaban J connectivity index is 3.03. The van der Waals surface area contributed by atoms with E-state index in [0.29, 0.717) is 0 Å². The summed E-state index contributed by atoms with van der Waals surface area (Å²) in [6.45, 7) is 5.84. The Morgan fingerprint density at radius 1 is 1.41 bits per heavy atom. The summed E-state index contributed by atoms with van der Waals surface area (Å²) in [5, 5.41) is 19.4. The zero-order chi connectivity index (χ0) is 13.0. The standard InChI is InChI=1S/C13H18O4/c1-4-17-13(16)12(15)10-7-9(8(2)3)5-6-11(10)14/h5-8,12,14-15H,4H2,1-3H3. The monoisotopic (exact) mass is 238 g/mol. The maximum absolute atomic E-state index is 11.4. The largest absolute Gasteiger partial charge is 0.508 e. The Kier molecular flexibility index (Phi) is 4.52. The normalized spacial score (nSPS) is 12.5. The van der Waals surface area contributed by atoms with E-state index in [9.17, 15) is 15.0 Å². The van der Waals surface area contributed by atoms with Crippen LogP contribution in [0.15, 0.2) is 18.2 Å². The van der Waals surface area contributed by atoms with Crippen LogP contribution >= 0.6 is 0 Å². The van der Waals surface area contributed by atoms with Gasteiger partial charge in [0.05, 0.1) is 6.61 Å². The van der Waals surface area contributed by atoms with Gasteiger partial charge in [-0.25, -0.2) is 4.79 Å². The van der Waals surface area contributed by atoms with Gasteiger partial charge in [0.2, 0.25) is 0 Å². The Morgan fingerprint density at radius 3 is 2.59 bits per heavy atom. The molecule has 0 aromatic heterocycles. The van der Waals surface area contributed by atoms with Gasteiger partial charge in [0.1, 0.15) is 5.75 Å². The van der Waals surface area contributed by atoms with Crippen LogP contribution in [0.2, 0.25) is 0 Å². The first-order valence-electron chi connectivity index (χ1n) is 5.64. The molecule has 1 aromatic rings. The molecule has 1 rings (SSSR count). The molecule has 17 heavy (non-hydrogen) atoms. The average molecular weight is 238 g/mol. The zero-order valence-electron chi connectivity index (χ0n) is 10.3. The second-order valence-electron chi connectivity index (χ2n) is 4.13. The van der Waals surface area contributed by atoms with Crippen molar-refractivity contribution in [2.75, 3.05) is 6.61 Å². The maximum atomic E-state index is 11.4. The third-order valence-corrected chi connectivity index (χ3v) is 2.52. The third-order valence-electron chi connectivity index (χ3n) is 2.52. The molecule has 0 saturated carbocycles. The first-order valence-corrected chi connectivity index (χ1v) is 5.64. The fourth-order valence-corrected chi connectivity index (χ4v) is 1.50. The van der Waals surface area contributed by atoms with E-state index in [2.05, 4.69) is 0 Å². The van der Waals surface area contributed by atoms with Crippen molar-refractivity contribution >= 4 is 5.97 Å². The molecule has 0 fully saturated rings. The summed E-state index contributed by atoms with van der Waals surface area (Å²) in [6, 6.07) is 4.87. The van der Waals surface area contributed by atoms with Gasteiger partial charge in [-0.1, -0.05) is 19.9 Å². The lowest BCUT2D eigenvalue weighted by atomic mass is 9.98. The molecule has 4 heteroatoms. The first-order chi connectivity index (χ1) is 7.97. The van der Waals surface area contributed by atoms with Gasteiger partial charge in [-0.3, -0.25) is 0 Å². The van der Waals surface area contributed by atoms with Crippen LogP contribution in [-0.2, 0) is 9.53 Å². The second-order valence-corrected chi connectivity index (χ2v) is 4.13. The molecule has 0 heterocycles. The zero-order valence-corrected chi connectivity index (χ0v) is 10.3. The van der Waals surface area contributed by atoms with Crippen molar-refractivity contribution in [1.82, 2.24) is 0 Å². The Morgan fingerprint density at radius 2 is 2.06 bits per heavy atom. The van der Waals surface area contributed by atoms with Crippen molar-refractivity contribution in [3.63, 3.8) is 0 Å². The molecule has 0 aliphatic rings. The molecule has 1 aromatic carbocycles. The van der Waals surface area contributed by atoms with Crippen LogP contribution in [0.1, 0.15) is 43.9 Å². The predicted molar refractivity (Wildman–Crippen MR) is 63.8 cm³/mol. The maximum Gasteiger partial charge on any atom is 0.339 e. The van der Waals surface area contributed by atoms with Gasteiger partial charge < -0.3 is 14.9 Å². The number of aliphatic hydroxyl groups is 1. The molecular weight excluding hydrogens is 220 g/mol. The second kappa shape index (κ2) is 5.68. The van der Waals surface area contributed by atoms with Gasteiger partial charge >= 0.3 is 5.97 Å². The summed E-state index contributed by atoms with van der Waals surface area (Å²) >= 11 is 0. The van der Waals surface area contributed by atoms with Crippen molar-refractivity contribution in [1.29, 1.82) is 0 Å². The van der Waals surface area contributed by atoms with E-state index in [1.165, 1.54) is 6.07 Å². The number of aliphatic hydroxyl groups excluding tert-OH is 1. The molecule has 0 bridgehead atoms. The summed E-state index contributed by atoms with van der Waals surface area (Å²) in [4.78, 5) is 11.4. The lowest BCUT2D eigenvalue weighted by Crippen LogP contribution is -2.15. The van der Waals surface area contributed by atoms with Crippen LogP contribution in [0.5, 0.6) is 5.75 Å². The van der Waals surface area contributed by atoms with Crippen LogP contribution in [0, 0.1) is 0 Å². The minimum Gasteiger partial charge on any atom is -0.508 e. The summed E-state index contributed by atoms with van der Waals surface area (Å²) in [7, 11) is 0. The van der Waals surface area contributed by atoms with Gasteiger partial charge in [-0.15, -0.1) is 0 Å². The van der Waals surface area contributed by atoms with Crippen LogP contribution in [0.4, 0.5) is 0 Å². The highest BCUT2D eigenvalue weighted by molar-refractivity contribution is 5.77. The number of hydrogen-bond donors (Lipinski definition) is 2. The summed E-state index contributed by atoms with van der Waals surface area (Å²) in [5.74, 6) is -0.595. The molecule has 94 valence electrons. The number of carbonyl (C=O) groups is 1. The van der Waals surface area contributed by atoms with Crippen molar-refractivity contribution in [3.05, 3.63) is 29.3 Å². The lowest BCUT2D eigenvalue weighted by Gasteiger charge is -2.14. The number of hydrogen-bond acceptors (Lipinski definition) is 4. The molecular formula is C13H18O4. The quantitative estimate of drug-likeness (QED) is 0.788. The fraction of sp³-hybridized carbons (Fsp3) is 0.462. The molecule has 2 N–H and O–H groups in total. The molecule has 0 spiro atoms. The average Bonchev–Trinajstić information content (AvgIpc) is 2.28. The number of esters is 1. The molecule has 0 amide bonds. The van der Waals surface area contributed by atoms with E-state index < -0.39 is 12.1 Å². The van der Waals surface area contributed by atoms with Gasteiger partial charge in [0.25, 0.3) is 0 Å². The van der Waals surface area contributed by atoms with Gasteiger partial charge in [0, 0.05) is 5.56 Å². The lowest BCUT2D eigenvalue weighted by molar-refractivity contribution is -0.153. The van der Waals surface area contributed by atoms with Gasteiger partial charge in [0.15, 0.2) is 6.10 Å². The van der Waals surface area contributed by atoms with Crippen LogP contribution < -0.4 is 0 Å². The minimum atomic E-state index is -1.44. The molecule has 0 saturated heterocycles. The minimum absolute atomic E-state index is 0.102. The fourth-order valence-electron chi connectivity index (χ4n) is 1.50. The molecule has 0 aliphatic carbocycles.